The summed E-state index contributed by atoms with van der Waals surface area (Å²) in [7, 11) is 0. The minimum Gasteiger partial charge on any atom is -0.394 e. The van der Waals surface area contributed by atoms with Crippen LogP contribution in [0.3, 0.4) is 0 Å². The summed E-state index contributed by atoms with van der Waals surface area (Å²) in [5.41, 5.74) is 5.17. The molecule has 3 atom stereocenters. The molecule has 1 aliphatic heterocycles. The zero-order valence-electron chi connectivity index (χ0n) is 16.6. The number of carbonyl (C=O) groups is 3. The molecule has 29 heavy (non-hydrogen) atoms. The molecule has 0 unspecified atom stereocenters. The van der Waals surface area contributed by atoms with Crippen LogP contribution in [0.25, 0.3) is 0 Å². The highest BCUT2D eigenvalue weighted by Crippen LogP contribution is 2.10. The molecule has 1 rings (SSSR count). The zero-order chi connectivity index (χ0) is 21.8. The Balaban J connectivity index is 2.10. The van der Waals surface area contributed by atoms with Crippen molar-refractivity contribution in [3.63, 3.8) is 0 Å². The Labute approximate surface area is 170 Å². The zero-order valence-corrected chi connectivity index (χ0v) is 16.6. The molecule has 3 amide bonds. The summed E-state index contributed by atoms with van der Waals surface area (Å²) in [4.78, 5) is 36.6. The number of aliphatic hydroxyl groups excluding tert-OH is 4. The Bertz CT molecular complexity index is 526. The van der Waals surface area contributed by atoms with E-state index in [9.17, 15) is 29.7 Å². The highest BCUT2D eigenvalue weighted by atomic mass is 16.4. The summed E-state index contributed by atoms with van der Waals surface area (Å²) >= 11 is 0. The number of nitrogens with two attached hydrogens (primary N) is 1. The van der Waals surface area contributed by atoms with Gasteiger partial charge in [-0.05, 0) is 25.7 Å². The van der Waals surface area contributed by atoms with Crippen LogP contribution in [-0.4, -0.2) is 100 Å². The summed E-state index contributed by atoms with van der Waals surface area (Å²) in [5.74, 6) is -0.760. The minimum absolute atomic E-state index is 0.0267. The third-order valence-corrected chi connectivity index (χ3v) is 4.88. The second-order valence-corrected chi connectivity index (χ2v) is 7.38. The number of nitrogens with one attached hydrogen (secondary N) is 2. The van der Waals surface area contributed by atoms with Gasteiger partial charge in [-0.15, -0.1) is 0 Å². The molecule has 8 N–H and O–H groups in total. The van der Waals surface area contributed by atoms with Crippen LogP contribution >= 0.6 is 0 Å². The maximum Gasteiger partial charge on any atom is 0.231 e. The lowest BCUT2D eigenvalue weighted by Gasteiger charge is -2.31. The van der Waals surface area contributed by atoms with E-state index >= 15 is 0 Å². The van der Waals surface area contributed by atoms with Gasteiger partial charge in [-0.1, -0.05) is 0 Å². The molecular weight excluding hydrogens is 384 g/mol. The molecule has 0 saturated carbocycles. The first-order valence-corrected chi connectivity index (χ1v) is 9.94. The number of rotatable bonds is 13. The number of primary amides is 1. The van der Waals surface area contributed by atoms with E-state index in [2.05, 4.69) is 10.6 Å². The molecule has 0 aromatic heterocycles. The summed E-state index contributed by atoms with van der Waals surface area (Å²) in [6.45, 7) is 1.07. The smallest absolute Gasteiger partial charge is 0.231 e. The molecule has 0 aliphatic carbocycles. The van der Waals surface area contributed by atoms with E-state index in [0.29, 0.717) is 19.5 Å². The maximum atomic E-state index is 12.0. The van der Waals surface area contributed by atoms with Crippen molar-refractivity contribution in [2.45, 2.75) is 62.9 Å². The monoisotopic (exact) mass is 418 g/mol. The number of likely N-dealkylation sites (tertiary alicyclic amines) is 1. The van der Waals surface area contributed by atoms with E-state index < -0.39 is 24.9 Å². The Hall–Kier alpha value is -1.79. The normalized spacial score (nSPS) is 18.6. The van der Waals surface area contributed by atoms with Crippen LogP contribution in [-0.2, 0) is 14.4 Å². The van der Waals surface area contributed by atoms with Crippen molar-refractivity contribution in [1.29, 1.82) is 0 Å². The molecular formula is C18H34N4O7. The van der Waals surface area contributed by atoms with Gasteiger partial charge in [0.05, 0.1) is 19.3 Å². The first-order chi connectivity index (χ1) is 13.7. The lowest BCUT2D eigenvalue weighted by atomic mass is 10.0. The number of nitrogens with zero attached hydrogens (tertiary/aromatic N) is 1. The van der Waals surface area contributed by atoms with Crippen molar-refractivity contribution < 1.29 is 34.8 Å². The maximum absolute atomic E-state index is 12.0. The van der Waals surface area contributed by atoms with E-state index in [1.165, 1.54) is 0 Å². The topological polar surface area (TPSA) is 185 Å². The fourth-order valence-corrected chi connectivity index (χ4v) is 3.15. The molecule has 168 valence electrons. The lowest BCUT2D eigenvalue weighted by molar-refractivity contribution is -0.124. The minimum atomic E-state index is -1.48. The van der Waals surface area contributed by atoms with Gasteiger partial charge in [-0.2, -0.15) is 0 Å². The highest BCUT2D eigenvalue weighted by Gasteiger charge is 2.24. The molecule has 0 spiro atoms. The molecule has 0 bridgehead atoms. The van der Waals surface area contributed by atoms with Crippen molar-refractivity contribution in [2.75, 3.05) is 32.8 Å². The van der Waals surface area contributed by atoms with Crippen molar-refractivity contribution in [3.8, 4) is 0 Å². The fourth-order valence-electron chi connectivity index (χ4n) is 3.15. The number of aliphatic hydroxyl groups is 4. The average Bonchev–Trinajstić information content (AvgIpc) is 2.67. The molecule has 11 nitrogen and oxygen atoms in total. The van der Waals surface area contributed by atoms with Gasteiger partial charge in [0, 0.05) is 38.5 Å². The molecule has 0 aromatic carbocycles. The van der Waals surface area contributed by atoms with Crippen LogP contribution in [0.2, 0.25) is 0 Å². The van der Waals surface area contributed by atoms with Gasteiger partial charge in [-0.3, -0.25) is 19.3 Å². The van der Waals surface area contributed by atoms with Gasteiger partial charge in [0.1, 0.15) is 12.2 Å². The van der Waals surface area contributed by atoms with Crippen molar-refractivity contribution in [2.24, 2.45) is 5.73 Å². The van der Waals surface area contributed by atoms with Crippen LogP contribution < -0.4 is 16.4 Å². The first kappa shape index (κ1) is 25.2. The average molecular weight is 418 g/mol. The number of hydrogen-bond acceptors (Lipinski definition) is 8. The number of carbonyl (C=O) groups excluding carboxylic acids is 3. The lowest BCUT2D eigenvalue weighted by Crippen LogP contribution is -2.46. The van der Waals surface area contributed by atoms with Gasteiger partial charge in [0.25, 0.3) is 0 Å². The van der Waals surface area contributed by atoms with Crippen LogP contribution in [0, 0.1) is 0 Å². The Morgan fingerprint density at radius 1 is 1.03 bits per heavy atom. The largest absolute Gasteiger partial charge is 0.394 e. The molecule has 11 heteroatoms. The molecule has 1 saturated heterocycles. The number of piperidine rings is 1. The first-order valence-electron chi connectivity index (χ1n) is 9.94. The summed E-state index contributed by atoms with van der Waals surface area (Å²) in [5, 5.41) is 42.6. The molecule has 1 fully saturated rings. The summed E-state index contributed by atoms with van der Waals surface area (Å²) in [6, 6.07) is 0.0580. The van der Waals surface area contributed by atoms with Gasteiger partial charge >= 0.3 is 0 Å². The van der Waals surface area contributed by atoms with Gasteiger partial charge in [-0.25, -0.2) is 0 Å². The third kappa shape index (κ3) is 10.5. The number of hydrogen-bond donors (Lipinski definition) is 7. The Morgan fingerprint density at radius 2 is 1.66 bits per heavy atom. The SMILES string of the molecule is NC(=O)CN1CCC(NC(=O)CCCC(=O)NCC[C@@H](O)[C@H](O)[C@H](O)CO)CC1. The molecule has 1 heterocycles. The van der Waals surface area contributed by atoms with E-state index in [1.54, 1.807) is 0 Å². The van der Waals surface area contributed by atoms with E-state index in [1.807, 2.05) is 4.90 Å². The Kier molecular flexibility index (Phi) is 11.7. The molecule has 0 radical (unpaired) electrons. The second kappa shape index (κ2) is 13.4. The number of amides is 3. The third-order valence-electron chi connectivity index (χ3n) is 4.88. The fraction of sp³-hybridized carbons (Fsp3) is 0.833. The Morgan fingerprint density at radius 3 is 2.24 bits per heavy atom. The predicted molar refractivity (Wildman–Crippen MR) is 103 cm³/mol. The van der Waals surface area contributed by atoms with Crippen LogP contribution in [0.4, 0.5) is 0 Å². The predicted octanol–water partition coefficient (Wildman–Crippen LogP) is -3.20. The molecule has 0 aromatic rings. The summed E-state index contributed by atoms with van der Waals surface area (Å²) < 4.78 is 0. The van der Waals surface area contributed by atoms with Crippen molar-refractivity contribution >= 4 is 17.7 Å². The van der Waals surface area contributed by atoms with Gasteiger partial charge in [0.2, 0.25) is 17.7 Å². The quantitative estimate of drug-likeness (QED) is 0.163. The van der Waals surface area contributed by atoms with Crippen LogP contribution in [0.5, 0.6) is 0 Å². The molecule has 1 aliphatic rings. The van der Waals surface area contributed by atoms with E-state index in [4.69, 9.17) is 10.8 Å². The van der Waals surface area contributed by atoms with Gasteiger partial charge in [0.15, 0.2) is 0 Å². The van der Waals surface area contributed by atoms with E-state index in [0.717, 1.165) is 12.8 Å². The van der Waals surface area contributed by atoms with Crippen molar-refractivity contribution in [3.05, 3.63) is 0 Å². The van der Waals surface area contributed by atoms with Gasteiger partial charge < -0.3 is 36.8 Å². The summed E-state index contributed by atoms with van der Waals surface area (Å²) in [6.07, 6.45) is -1.90. The van der Waals surface area contributed by atoms with Crippen LogP contribution in [0.1, 0.15) is 38.5 Å². The van der Waals surface area contributed by atoms with Crippen molar-refractivity contribution in [1.82, 2.24) is 15.5 Å². The second-order valence-electron chi connectivity index (χ2n) is 7.38. The highest BCUT2D eigenvalue weighted by molar-refractivity contribution is 5.79. The van der Waals surface area contributed by atoms with E-state index in [-0.39, 0.29) is 56.1 Å². The standard InChI is InChI=1S/C18H34N4O7/c19-15(26)10-22-8-5-12(6-9-22)21-17(28)3-1-2-16(27)20-7-4-13(24)18(29)14(25)11-23/h12-14,18,23-25,29H,1-11H2,(H2,19,26)(H,20,27)(H,21,28)/t13-,14-,18+/m1/s1. The van der Waals surface area contributed by atoms with Crippen LogP contribution in [0.15, 0.2) is 0 Å².